The van der Waals surface area contributed by atoms with Crippen LogP contribution in [-0.4, -0.2) is 13.4 Å². The van der Waals surface area contributed by atoms with E-state index in [-0.39, 0.29) is 6.29 Å². The van der Waals surface area contributed by atoms with Crippen LogP contribution in [0.5, 0.6) is 0 Å². The van der Waals surface area contributed by atoms with Crippen molar-refractivity contribution in [3.8, 4) is 0 Å². The average molecular weight is 129 g/mol. The summed E-state index contributed by atoms with van der Waals surface area (Å²) in [6.45, 7) is 1.95. The summed E-state index contributed by atoms with van der Waals surface area (Å²) in [5.74, 6) is 0. The summed E-state index contributed by atoms with van der Waals surface area (Å²) >= 11 is 0. The van der Waals surface area contributed by atoms with E-state index in [1.807, 2.05) is 13.0 Å². The van der Waals surface area contributed by atoms with Crippen LogP contribution in [0, 0.1) is 0 Å². The lowest BCUT2D eigenvalue weighted by molar-refractivity contribution is -0.161. The summed E-state index contributed by atoms with van der Waals surface area (Å²) in [6, 6.07) is 0. The molecule has 0 radical (unpaired) electrons. The Hall–Kier alpha value is -0.540. The second-order valence-electron chi connectivity index (χ2n) is 2.01. The van der Waals surface area contributed by atoms with Crippen LogP contribution in [0.25, 0.3) is 0 Å². The molecule has 1 N–H and O–H groups in total. The summed E-state index contributed by atoms with van der Waals surface area (Å²) < 4.78 is 4.91. The summed E-state index contributed by atoms with van der Waals surface area (Å²) in [6.07, 6.45) is 2.75. The quantitative estimate of drug-likeness (QED) is 0.567. The van der Waals surface area contributed by atoms with E-state index < -0.39 is 0 Å². The maximum Gasteiger partial charge on any atom is 0.186 e. The molecule has 0 fully saturated rings. The number of hydrogen-bond donors (Lipinski definition) is 1. The molecule has 0 spiro atoms. The highest BCUT2D eigenvalue weighted by Gasteiger charge is 2.09. The third-order valence-corrected chi connectivity index (χ3v) is 1.23. The Labute approximate surface area is 54.6 Å². The van der Waals surface area contributed by atoms with Crippen molar-refractivity contribution in [3.05, 3.63) is 11.8 Å². The van der Waals surface area contributed by atoms with Crippen LogP contribution in [-0.2, 0) is 9.57 Å². The smallest absolute Gasteiger partial charge is 0.186 e. The van der Waals surface area contributed by atoms with Crippen molar-refractivity contribution in [2.45, 2.75) is 19.6 Å². The molecule has 1 atom stereocenters. The van der Waals surface area contributed by atoms with Crippen LogP contribution >= 0.6 is 0 Å². The second-order valence-corrected chi connectivity index (χ2v) is 2.01. The molecule has 0 aromatic heterocycles. The molecule has 0 aromatic carbocycles. The molecular formula is C6H11NO2. The Morgan fingerprint density at radius 1 is 1.89 bits per heavy atom. The third-order valence-electron chi connectivity index (χ3n) is 1.23. The van der Waals surface area contributed by atoms with Gasteiger partial charge in [-0.1, -0.05) is 6.08 Å². The molecule has 9 heavy (non-hydrogen) atoms. The zero-order valence-corrected chi connectivity index (χ0v) is 5.68. The number of nitrogens with one attached hydrogen (secondary N) is 1. The minimum atomic E-state index is -0.117. The van der Waals surface area contributed by atoms with Gasteiger partial charge in [-0.25, -0.2) is 4.84 Å². The zero-order chi connectivity index (χ0) is 6.69. The molecule has 1 aliphatic rings. The number of methoxy groups -OCH3 is 1. The van der Waals surface area contributed by atoms with Gasteiger partial charge >= 0.3 is 0 Å². The minimum absolute atomic E-state index is 0.117. The number of ether oxygens (including phenoxy) is 1. The van der Waals surface area contributed by atoms with E-state index >= 15 is 0 Å². The molecule has 0 saturated carbocycles. The first-order valence-corrected chi connectivity index (χ1v) is 2.94. The van der Waals surface area contributed by atoms with E-state index in [9.17, 15) is 0 Å². The zero-order valence-electron chi connectivity index (χ0n) is 5.68. The predicted octanol–water partition coefficient (Wildman–Crippen LogP) is 0.788. The highest BCUT2D eigenvalue weighted by molar-refractivity contribution is 4.95. The first kappa shape index (κ1) is 6.58. The lowest BCUT2D eigenvalue weighted by Gasteiger charge is -2.20. The van der Waals surface area contributed by atoms with Crippen molar-refractivity contribution >= 4 is 0 Å². The molecule has 1 unspecified atom stereocenters. The molecule has 0 aromatic rings. The van der Waals surface area contributed by atoms with Crippen molar-refractivity contribution in [3.63, 3.8) is 0 Å². The number of rotatable bonds is 1. The fourth-order valence-electron chi connectivity index (χ4n) is 0.666. The topological polar surface area (TPSA) is 30.5 Å². The lowest BCUT2D eigenvalue weighted by Crippen LogP contribution is -2.27. The molecule has 3 heteroatoms. The van der Waals surface area contributed by atoms with Gasteiger partial charge in [0.15, 0.2) is 6.29 Å². The molecule has 1 aliphatic heterocycles. The van der Waals surface area contributed by atoms with Crippen molar-refractivity contribution in [2.75, 3.05) is 7.11 Å². The van der Waals surface area contributed by atoms with Gasteiger partial charge in [0, 0.05) is 19.2 Å². The molecule has 3 nitrogen and oxygen atoms in total. The van der Waals surface area contributed by atoms with Crippen molar-refractivity contribution in [1.82, 2.24) is 5.48 Å². The molecular weight excluding hydrogens is 118 g/mol. The average Bonchev–Trinajstić information content (AvgIpc) is 1.90. The number of hydrogen-bond acceptors (Lipinski definition) is 3. The van der Waals surface area contributed by atoms with Gasteiger partial charge < -0.3 is 4.74 Å². The van der Waals surface area contributed by atoms with E-state index in [4.69, 9.17) is 9.57 Å². The van der Waals surface area contributed by atoms with Crippen LogP contribution in [0.4, 0.5) is 0 Å². The largest absolute Gasteiger partial charge is 0.353 e. The fraction of sp³-hybridized carbons (Fsp3) is 0.667. The molecule has 52 valence electrons. The van der Waals surface area contributed by atoms with Gasteiger partial charge in [0.05, 0.1) is 0 Å². The second kappa shape index (κ2) is 2.85. The van der Waals surface area contributed by atoms with E-state index in [0.29, 0.717) is 0 Å². The maximum absolute atomic E-state index is 5.00. The van der Waals surface area contributed by atoms with Crippen molar-refractivity contribution in [2.24, 2.45) is 0 Å². The number of allylic oxidation sites excluding steroid dienone is 1. The van der Waals surface area contributed by atoms with Crippen LogP contribution in [0.3, 0.4) is 0 Å². The predicted molar refractivity (Wildman–Crippen MR) is 33.4 cm³/mol. The Morgan fingerprint density at radius 2 is 2.67 bits per heavy atom. The van der Waals surface area contributed by atoms with E-state index in [1.54, 1.807) is 7.11 Å². The summed E-state index contributed by atoms with van der Waals surface area (Å²) in [7, 11) is 1.63. The fourth-order valence-corrected chi connectivity index (χ4v) is 0.666. The maximum atomic E-state index is 5.00. The molecule has 0 saturated heterocycles. The monoisotopic (exact) mass is 129 g/mol. The third kappa shape index (κ3) is 1.69. The van der Waals surface area contributed by atoms with Gasteiger partial charge in [-0.05, 0) is 6.92 Å². The number of hydroxylamine groups is 1. The Balaban J connectivity index is 2.36. The van der Waals surface area contributed by atoms with Gasteiger partial charge in [-0.15, -0.1) is 0 Å². The SMILES string of the molecule is COC1CC=C(C)NO1. The summed E-state index contributed by atoms with van der Waals surface area (Å²) in [4.78, 5) is 5.00. The highest BCUT2D eigenvalue weighted by Crippen LogP contribution is 2.06. The van der Waals surface area contributed by atoms with Gasteiger partial charge in [0.25, 0.3) is 0 Å². The highest BCUT2D eigenvalue weighted by atomic mass is 16.8. The first-order chi connectivity index (χ1) is 4.33. The van der Waals surface area contributed by atoms with Crippen LogP contribution in [0.2, 0.25) is 0 Å². The van der Waals surface area contributed by atoms with E-state index in [0.717, 1.165) is 12.1 Å². The van der Waals surface area contributed by atoms with Crippen LogP contribution < -0.4 is 5.48 Å². The Kier molecular flexibility index (Phi) is 2.08. The van der Waals surface area contributed by atoms with E-state index in [1.165, 1.54) is 0 Å². The van der Waals surface area contributed by atoms with Crippen LogP contribution in [0.15, 0.2) is 11.8 Å². The first-order valence-electron chi connectivity index (χ1n) is 2.94. The molecule has 0 aliphatic carbocycles. The van der Waals surface area contributed by atoms with Crippen LogP contribution in [0.1, 0.15) is 13.3 Å². The lowest BCUT2D eigenvalue weighted by atomic mass is 10.3. The van der Waals surface area contributed by atoms with E-state index in [2.05, 4.69) is 5.48 Å². The van der Waals surface area contributed by atoms with Gasteiger partial charge in [-0.2, -0.15) is 0 Å². The normalized spacial score (nSPS) is 26.9. The summed E-state index contributed by atoms with van der Waals surface area (Å²) in [5, 5.41) is 0. The van der Waals surface area contributed by atoms with Crippen molar-refractivity contribution < 1.29 is 9.57 Å². The molecule has 1 rings (SSSR count). The van der Waals surface area contributed by atoms with Gasteiger partial charge in [-0.3, -0.25) is 5.48 Å². The van der Waals surface area contributed by atoms with Gasteiger partial charge in [0.1, 0.15) is 0 Å². The Bertz CT molecular complexity index is 122. The minimum Gasteiger partial charge on any atom is -0.353 e. The molecule has 0 amide bonds. The standard InChI is InChI=1S/C6H11NO2/c1-5-3-4-6(8-2)9-7-5/h3,6-7H,4H2,1-2H3. The molecule has 1 heterocycles. The molecule has 0 bridgehead atoms. The summed E-state index contributed by atoms with van der Waals surface area (Å²) in [5.41, 5.74) is 3.76. The van der Waals surface area contributed by atoms with Crippen molar-refractivity contribution in [1.29, 1.82) is 0 Å². The Morgan fingerprint density at radius 3 is 3.11 bits per heavy atom. The van der Waals surface area contributed by atoms with Gasteiger partial charge in [0.2, 0.25) is 0 Å².